The standard InChI is InChI=1S/C23H34N8O3/c1-5-8-13-23(26-27-23)14-11-20(33)30(15-12-19(32)29(6-2)7-3)21(22(34)24-4)18-16-25-28-31(18)17-9-10-17/h1,16-17,21H,6-15H2,2-4H3,(H,24,34). The molecule has 1 saturated carbocycles. The topological polar surface area (TPSA) is 125 Å². The van der Waals surface area contributed by atoms with Gasteiger partial charge in [0.2, 0.25) is 17.7 Å². The molecule has 1 aromatic heterocycles. The van der Waals surface area contributed by atoms with Crippen molar-refractivity contribution in [3.8, 4) is 12.3 Å². The van der Waals surface area contributed by atoms with Crippen molar-refractivity contribution in [2.24, 2.45) is 10.2 Å². The quantitative estimate of drug-likeness (QED) is 0.415. The lowest BCUT2D eigenvalue weighted by molar-refractivity contribution is -0.142. The van der Waals surface area contributed by atoms with Gasteiger partial charge in [-0.05, 0) is 26.7 Å². The molecule has 3 amide bonds. The van der Waals surface area contributed by atoms with Gasteiger partial charge in [-0.1, -0.05) is 5.21 Å². The fourth-order valence-corrected chi connectivity index (χ4v) is 4.09. The van der Waals surface area contributed by atoms with Crippen LogP contribution in [0.15, 0.2) is 16.4 Å². The molecule has 3 rings (SSSR count). The van der Waals surface area contributed by atoms with Crippen LogP contribution in [-0.2, 0) is 14.4 Å². The van der Waals surface area contributed by atoms with Crippen molar-refractivity contribution in [2.45, 2.75) is 76.5 Å². The van der Waals surface area contributed by atoms with Crippen molar-refractivity contribution >= 4 is 17.7 Å². The van der Waals surface area contributed by atoms with Gasteiger partial charge < -0.3 is 15.1 Å². The molecule has 2 aliphatic rings. The highest BCUT2D eigenvalue weighted by molar-refractivity contribution is 5.88. The summed E-state index contributed by atoms with van der Waals surface area (Å²) in [5, 5.41) is 19.1. The summed E-state index contributed by atoms with van der Waals surface area (Å²) >= 11 is 0. The van der Waals surface area contributed by atoms with Crippen molar-refractivity contribution in [2.75, 3.05) is 26.7 Å². The fourth-order valence-electron chi connectivity index (χ4n) is 4.09. The summed E-state index contributed by atoms with van der Waals surface area (Å²) in [5.41, 5.74) is -0.0572. The highest BCUT2D eigenvalue weighted by Gasteiger charge is 2.42. The normalized spacial score (nSPS) is 16.4. The second-order valence-electron chi connectivity index (χ2n) is 8.64. The summed E-state index contributed by atoms with van der Waals surface area (Å²) in [5.74, 6) is 1.92. The van der Waals surface area contributed by atoms with E-state index in [1.807, 2.05) is 13.8 Å². The van der Waals surface area contributed by atoms with Crippen molar-refractivity contribution in [1.82, 2.24) is 30.1 Å². The third-order valence-electron chi connectivity index (χ3n) is 6.38. The van der Waals surface area contributed by atoms with Crippen LogP contribution in [0.4, 0.5) is 0 Å². The van der Waals surface area contributed by atoms with Crippen LogP contribution < -0.4 is 5.32 Å². The number of carbonyl (C=O) groups is 3. The first kappa shape index (κ1) is 25.3. The van der Waals surface area contributed by atoms with E-state index in [0.29, 0.717) is 38.0 Å². The number of carbonyl (C=O) groups excluding carboxylic acids is 3. The van der Waals surface area contributed by atoms with Crippen LogP contribution in [0.1, 0.15) is 76.6 Å². The van der Waals surface area contributed by atoms with Crippen molar-refractivity contribution < 1.29 is 14.4 Å². The van der Waals surface area contributed by atoms with Gasteiger partial charge in [-0.15, -0.1) is 17.4 Å². The van der Waals surface area contributed by atoms with E-state index in [9.17, 15) is 14.4 Å². The minimum atomic E-state index is -0.938. The van der Waals surface area contributed by atoms with Crippen LogP contribution in [0.2, 0.25) is 0 Å². The number of aromatic nitrogens is 3. The Morgan fingerprint density at radius 3 is 2.47 bits per heavy atom. The molecular weight excluding hydrogens is 436 g/mol. The predicted molar refractivity (Wildman–Crippen MR) is 124 cm³/mol. The maximum atomic E-state index is 13.5. The third-order valence-corrected chi connectivity index (χ3v) is 6.38. The Morgan fingerprint density at radius 1 is 1.21 bits per heavy atom. The molecule has 184 valence electrons. The Morgan fingerprint density at radius 2 is 1.91 bits per heavy atom. The summed E-state index contributed by atoms with van der Waals surface area (Å²) in [6, 6.07) is -0.762. The van der Waals surface area contributed by atoms with Gasteiger partial charge in [-0.2, -0.15) is 10.2 Å². The van der Waals surface area contributed by atoms with Crippen LogP contribution in [0.25, 0.3) is 0 Å². The highest BCUT2D eigenvalue weighted by Crippen LogP contribution is 2.39. The van der Waals surface area contributed by atoms with Crippen molar-refractivity contribution in [1.29, 1.82) is 0 Å². The zero-order valence-electron chi connectivity index (χ0n) is 20.2. The van der Waals surface area contributed by atoms with E-state index < -0.39 is 11.7 Å². The molecule has 1 atom stereocenters. The summed E-state index contributed by atoms with van der Waals surface area (Å²) in [4.78, 5) is 42.5. The average Bonchev–Trinajstić information content (AvgIpc) is 3.78. The lowest BCUT2D eigenvalue weighted by Crippen LogP contribution is -2.45. The molecule has 1 aliphatic heterocycles. The molecule has 34 heavy (non-hydrogen) atoms. The number of likely N-dealkylation sites (N-methyl/N-ethyl adjacent to an activating group) is 1. The molecule has 11 nitrogen and oxygen atoms in total. The van der Waals surface area contributed by atoms with Crippen LogP contribution in [0.3, 0.4) is 0 Å². The van der Waals surface area contributed by atoms with E-state index in [1.54, 1.807) is 9.58 Å². The lowest BCUT2D eigenvalue weighted by Gasteiger charge is -2.31. The molecule has 0 bridgehead atoms. The van der Waals surface area contributed by atoms with Gasteiger partial charge in [-0.25, -0.2) is 4.68 Å². The van der Waals surface area contributed by atoms with Crippen LogP contribution in [-0.4, -0.2) is 74.9 Å². The van der Waals surface area contributed by atoms with E-state index in [2.05, 4.69) is 31.8 Å². The molecule has 0 aromatic carbocycles. The van der Waals surface area contributed by atoms with E-state index in [1.165, 1.54) is 18.1 Å². The Labute approximate surface area is 200 Å². The number of nitrogens with zero attached hydrogens (tertiary/aromatic N) is 7. The molecule has 2 heterocycles. The number of rotatable bonds is 14. The number of amides is 3. The zero-order chi connectivity index (χ0) is 24.7. The zero-order valence-corrected chi connectivity index (χ0v) is 20.2. The van der Waals surface area contributed by atoms with Gasteiger partial charge in [0, 0.05) is 58.8 Å². The summed E-state index contributed by atoms with van der Waals surface area (Å²) in [7, 11) is 1.53. The van der Waals surface area contributed by atoms with Gasteiger partial charge in [0.15, 0.2) is 11.7 Å². The maximum Gasteiger partial charge on any atom is 0.248 e. The van der Waals surface area contributed by atoms with E-state index >= 15 is 0 Å². The molecule has 1 N–H and O–H groups in total. The predicted octanol–water partition coefficient (Wildman–Crippen LogP) is 1.84. The van der Waals surface area contributed by atoms with Gasteiger partial charge in [0.25, 0.3) is 0 Å². The number of hydrogen-bond donors (Lipinski definition) is 1. The maximum absolute atomic E-state index is 13.5. The van der Waals surface area contributed by atoms with Crippen molar-refractivity contribution in [3.05, 3.63) is 11.9 Å². The fraction of sp³-hybridized carbons (Fsp3) is 0.696. The molecule has 0 saturated heterocycles. The minimum absolute atomic E-state index is 0.0648. The first-order valence-electron chi connectivity index (χ1n) is 12.0. The summed E-state index contributed by atoms with van der Waals surface area (Å²) in [6.45, 7) is 5.10. The first-order chi connectivity index (χ1) is 16.4. The molecule has 1 unspecified atom stereocenters. The minimum Gasteiger partial charge on any atom is -0.357 e. The summed E-state index contributed by atoms with van der Waals surface area (Å²) < 4.78 is 1.73. The van der Waals surface area contributed by atoms with Crippen LogP contribution >= 0.6 is 0 Å². The molecule has 1 aromatic rings. The molecule has 1 fully saturated rings. The number of hydrogen-bond acceptors (Lipinski definition) is 7. The van der Waals surface area contributed by atoms with Gasteiger partial charge in [-0.3, -0.25) is 14.4 Å². The van der Waals surface area contributed by atoms with E-state index in [4.69, 9.17) is 6.42 Å². The second-order valence-corrected chi connectivity index (χ2v) is 8.64. The SMILES string of the molecule is C#CCCC1(CCC(=O)N(CCC(=O)N(CC)CC)C(C(=O)NC)c2cnnn2C2CC2)N=N1. The molecular formula is C23H34N8O3. The van der Waals surface area contributed by atoms with Crippen molar-refractivity contribution in [3.63, 3.8) is 0 Å². The van der Waals surface area contributed by atoms with Gasteiger partial charge in [0.05, 0.1) is 17.9 Å². The molecule has 0 radical (unpaired) electrons. The monoisotopic (exact) mass is 470 g/mol. The lowest BCUT2D eigenvalue weighted by atomic mass is 10.0. The van der Waals surface area contributed by atoms with E-state index in [0.717, 1.165) is 12.8 Å². The number of terminal acetylenes is 1. The Balaban J connectivity index is 1.83. The first-order valence-corrected chi connectivity index (χ1v) is 12.0. The average molecular weight is 471 g/mol. The van der Waals surface area contributed by atoms with Gasteiger partial charge in [0.1, 0.15) is 0 Å². The Bertz CT molecular complexity index is 952. The number of nitrogens with one attached hydrogen (secondary N) is 1. The molecule has 11 heteroatoms. The van der Waals surface area contributed by atoms with Crippen LogP contribution in [0.5, 0.6) is 0 Å². The summed E-state index contributed by atoms with van der Waals surface area (Å²) in [6.07, 6.45) is 10.6. The molecule has 1 aliphatic carbocycles. The van der Waals surface area contributed by atoms with Gasteiger partial charge >= 0.3 is 0 Å². The highest BCUT2D eigenvalue weighted by atomic mass is 16.2. The Kier molecular flexibility index (Phi) is 8.36. The molecule has 0 spiro atoms. The third kappa shape index (κ3) is 5.98. The smallest absolute Gasteiger partial charge is 0.248 e. The van der Waals surface area contributed by atoms with Crippen LogP contribution in [0, 0.1) is 12.3 Å². The van der Waals surface area contributed by atoms with E-state index in [-0.39, 0.29) is 43.1 Å². The largest absolute Gasteiger partial charge is 0.357 e. The Hall–Kier alpha value is -3.29. The second kappa shape index (κ2) is 11.2.